The molecule has 0 saturated carbocycles. The van der Waals surface area contributed by atoms with E-state index in [0.717, 1.165) is 5.75 Å². The van der Waals surface area contributed by atoms with E-state index in [1.807, 2.05) is 6.08 Å². The average molecular weight is 110 g/mol. The van der Waals surface area contributed by atoms with Gasteiger partial charge in [-0.05, 0) is 11.5 Å². The Kier molecular flexibility index (Phi) is 1.40. The quantitative estimate of drug-likeness (QED) is 0.429. The number of thioether (sulfide) groups is 1. The average Bonchev–Trinajstić information content (AvgIpc) is 2.14. The first-order valence-electron chi connectivity index (χ1n) is 2.10. The van der Waals surface area contributed by atoms with Crippen molar-refractivity contribution >= 4 is 11.8 Å². The van der Waals surface area contributed by atoms with Crippen LogP contribution >= 0.6 is 11.8 Å². The zero-order valence-corrected chi connectivity index (χ0v) is 4.79. The second kappa shape index (κ2) is 2.06. The topological polar surface area (TPSA) is 0 Å². The maximum atomic E-state index is 3.52. The largest absolute Gasteiger partial charge is 0.129 e. The van der Waals surface area contributed by atoms with Crippen LogP contribution < -0.4 is 0 Å². The Bertz CT molecular complexity index is 138. The standard InChI is InChI=1S/C6H6S/c1-2-6-3-4-7-5-6/h3-4H,1,5H2. The zero-order chi connectivity index (χ0) is 5.11. The molecule has 36 valence electrons. The van der Waals surface area contributed by atoms with E-state index < -0.39 is 0 Å². The van der Waals surface area contributed by atoms with Crippen LogP contribution in [-0.4, -0.2) is 5.75 Å². The molecule has 0 fully saturated rings. The van der Waals surface area contributed by atoms with Crippen molar-refractivity contribution in [3.8, 4) is 0 Å². The summed E-state index contributed by atoms with van der Waals surface area (Å²) in [6, 6.07) is 0. The molecule has 0 aromatic carbocycles. The molecule has 0 amide bonds. The predicted molar refractivity (Wildman–Crippen MR) is 34.3 cm³/mol. The van der Waals surface area contributed by atoms with Crippen molar-refractivity contribution in [1.29, 1.82) is 0 Å². The minimum Gasteiger partial charge on any atom is -0.129 e. The van der Waals surface area contributed by atoms with Crippen molar-refractivity contribution in [2.24, 2.45) is 0 Å². The summed E-state index contributed by atoms with van der Waals surface area (Å²) in [5.74, 6) is 1.06. The third kappa shape index (κ3) is 0.986. The van der Waals surface area contributed by atoms with Gasteiger partial charge in [0.25, 0.3) is 0 Å². The van der Waals surface area contributed by atoms with Gasteiger partial charge in [0.1, 0.15) is 0 Å². The molecule has 1 heteroatoms. The lowest BCUT2D eigenvalue weighted by Crippen LogP contribution is -1.67. The van der Waals surface area contributed by atoms with Crippen LogP contribution in [0.15, 0.2) is 29.4 Å². The summed E-state index contributed by atoms with van der Waals surface area (Å²) in [5, 5.41) is 2.06. The van der Waals surface area contributed by atoms with Crippen molar-refractivity contribution in [2.45, 2.75) is 0 Å². The molecule has 0 spiro atoms. The molecule has 0 aromatic heterocycles. The number of hydrogen-bond acceptors (Lipinski definition) is 1. The molecule has 7 heavy (non-hydrogen) atoms. The van der Waals surface area contributed by atoms with Crippen LogP contribution in [0, 0.1) is 0 Å². The number of hydrogen-bond donors (Lipinski definition) is 0. The lowest BCUT2D eigenvalue weighted by Gasteiger charge is -1.78. The summed E-state index contributed by atoms with van der Waals surface area (Å²) in [7, 11) is 0. The Morgan fingerprint density at radius 1 is 1.86 bits per heavy atom. The molecule has 0 radical (unpaired) electrons. The number of rotatable bonds is 0. The molecule has 0 N–H and O–H groups in total. The summed E-state index contributed by atoms with van der Waals surface area (Å²) in [6.07, 6.45) is 2.04. The molecule has 1 rings (SSSR count). The Balaban J connectivity index is 2.77. The van der Waals surface area contributed by atoms with Crippen LogP contribution in [0.4, 0.5) is 0 Å². The molecule has 0 aromatic rings. The molecule has 1 heterocycles. The van der Waals surface area contributed by atoms with Gasteiger partial charge in [0.05, 0.1) is 0 Å². The Labute approximate surface area is 47.6 Å². The minimum atomic E-state index is 1.06. The third-order valence-corrected chi connectivity index (χ3v) is 1.64. The van der Waals surface area contributed by atoms with E-state index >= 15 is 0 Å². The highest BCUT2D eigenvalue weighted by Gasteiger charge is 1.94. The summed E-state index contributed by atoms with van der Waals surface area (Å²) in [5.41, 5.74) is 4.04. The van der Waals surface area contributed by atoms with Crippen molar-refractivity contribution in [3.63, 3.8) is 0 Å². The van der Waals surface area contributed by atoms with Gasteiger partial charge in [-0.3, -0.25) is 0 Å². The maximum Gasteiger partial charge on any atom is 0.0299 e. The molecule has 0 aliphatic carbocycles. The van der Waals surface area contributed by atoms with Crippen molar-refractivity contribution < 1.29 is 0 Å². The van der Waals surface area contributed by atoms with Crippen LogP contribution in [0.1, 0.15) is 0 Å². The van der Waals surface area contributed by atoms with Gasteiger partial charge in [-0.2, -0.15) is 0 Å². The fourth-order valence-electron chi connectivity index (χ4n) is 0.426. The molecule has 0 unspecified atom stereocenters. The molecule has 1 aliphatic heterocycles. The second-order valence-corrected chi connectivity index (χ2v) is 2.21. The van der Waals surface area contributed by atoms with E-state index in [1.54, 1.807) is 11.8 Å². The van der Waals surface area contributed by atoms with Gasteiger partial charge in [0.15, 0.2) is 0 Å². The van der Waals surface area contributed by atoms with Crippen LogP contribution in [0.25, 0.3) is 0 Å². The van der Waals surface area contributed by atoms with E-state index in [4.69, 9.17) is 0 Å². The first-order chi connectivity index (χ1) is 3.43. The zero-order valence-electron chi connectivity index (χ0n) is 3.98. The van der Waals surface area contributed by atoms with E-state index in [2.05, 4.69) is 17.7 Å². The highest BCUT2D eigenvalue weighted by molar-refractivity contribution is 8.02. The Morgan fingerprint density at radius 3 is 3.00 bits per heavy atom. The maximum absolute atomic E-state index is 3.52. The van der Waals surface area contributed by atoms with Crippen LogP contribution in [0.3, 0.4) is 0 Å². The van der Waals surface area contributed by atoms with Gasteiger partial charge in [-0.15, -0.1) is 17.5 Å². The molecule has 0 atom stereocenters. The summed E-state index contributed by atoms with van der Waals surface area (Å²) < 4.78 is 0. The van der Waals surface area contributed by atoms with Gasteiger partial charge in [-0.25, -0.2) is 0 Å². The molecular weight excluding hydrogens is 104 g/mol. The second-order valence-electron chi connectivity index (χ2n) is 1.32. The van der Waals surface area contributed by atoms with E-state index in [1.165, 1.54) is 5.57 Å². The van der Waals surface area contributed by atoms with Crippen LogP contribution in [0.5, 0.6) is 0 Å². The Morgan fingerprint density at radius 2 is 2.71 bits per heavy atom. The lowest BCUT2D eigenvalue weighted by atomic mass is 10.3. The Hall–Kier alpha value is -0.390. The highest BCUT2D eigenvalue weighted by Crippen LogP contribution is 2.17. The third-order valence-electron chi connectivity index (χ3n) is 0.831. The van der Waals surface area contributed by atoms with Crippen molar-refractivity contribution in [1.82, 2.24) is 0 Å². The van der Waals surface area contributed by atoms with Gasteiger partial charge in [-0.1, -0.05) is 6.58 Å². The van der Waals surface area contributed by atoms with Gasteiger partial charge in [0.2, 0.25) is 0 Å². The highest BCUT2D eigenvalue weighted by atomic mass is 32.2. The van der Waals surface area contributed by atoms with E-state index in [9.17, 15) is 0 Å². The van der Waals surface area contributed by atoms with E-state index in [0.29, 0.717) is 0 Å². The first kappa shape index (κ1) is 4.76. The monoisotopic (exact) mass is 110 g/mol. The molecular formula is C6H6S. The lowest BCUT2D eigenvalue weighted by molar-refractivity contribution is 1.62. The van der Waals surface area contributed by atoms with Gasteiger partial charge in [0, 0.05) is 11.3 Å². The fraction of sp³-hybridized carbons (Fsp3) is 0.167. The fourth-order valence-corrected chi connectivity index (χ4v) is 1.16. The number of allylic oxidation sites excluding steroid dienone is 1. The summed E-state index contributed by atoms with van der Waals surface area (Å²) >= 11 is 1.79. The van der Waals surface area contributed by atoms with Gasteiger partial charge < -0.3 is 0 Å². The summed E-state index contributed by atoms with van der Waals surface area (Å²) in [4.78, 5) is 0. The van der Waals surface area contributed by atoms with Crippen molar-refractivity contribution in [3.05, 3.63) is 29.4 Å². The van der Waals surface area contributed by atoms with Gasteiger partial charge >= 0.3 is 0 Å². The molecule has 1 aliphatic rings. The van der Waals surface area contributed by atoms with Crippen LogP contribution in [-0.2, 0) is 0 Å². The summed E-state index contributed by atoms with van der Waals surface area (Å²) in [6.45, 7) is 3.52. The van der Waals surface area contributed by atoms with Crippen LogP contribution in [0.2, 0.25) is 0 Å². The van der Waals surface area contributed by atoms with E-state index in [-0.39, 0.29) is 0 Å². The molecule has 0 nitrogen and oxygen atoms in total. The molecule has 0 saturated heterocycles. The minimum absolute atomic E-state index is 1.06. The smallest absolute Gasteiger partial charge is 0.0299 e. The first-order valence-corrected chi connectivity index (χ1v) is 3.15. The van der Waals surface area contributed by atoms with Crippen molar-refractivity contribution in [2.75, 3.05) is 5.75 Å². The SMILES string of the molecule is C=C=C1C=CSC1. The normalized spacial score (nSPS) is 17.4. The predicted octanol–water partition coefficient (Wildman–Crippen LogP) is 1.96. The molecule has 0 bridgehead atoms.